The van der Waals surface area contributed by atoms with E-state index in [0.717, 1.165) is 23.2 Å². The van der Waals surface area contributed by atoms with Gasteiger partial charge in [0.1, 0.15) is 18.1 Å². The second kappa shape index (κ2) is 9.39. The summed E-state index contributed by atoms with van der Waals surface area (Å²) >= 11 is 0. The number of benzene rings is 2. The number of carbonyl (C=O) groups is 2. The highest BCUT2D eigenvalue weighted by molar-refractivity contribution is 6.01. The van der Waals surface area contributed by atoms with Gasteiger partial charge in [0.2, 0.25) is 5.78 Å². The summed E-state index contributed by atoms with van der Waals surface area (Å²) in [5.41, 5.74) is 3.61. The van der Waals surface area contributed by atoms with Crippen LogP contribution in [0.3, 0.4) is 0 Å². The number of hydrogen-bond donors (Lipinski definition) is 0. The third kappa shape index (κ3) is 4.95. The van der Waals surface area contributed by atoms with Crippen LogP contribution in [0.15, 0.2) is 53.1 Å². The van der Waals surface area contributed by atoms with E-state index in [-0.39, 0.29) is 12.4 Å². The van der Waals surface area contributed by atoms with E-state index in [1.54, 1.807) is 43.3 Å². The fourth-order valence-corrected chi connectivity index (χ4v) is 3.00. The zero-order valence-corrected chi connectivity index (χ0v) is 17.6. The maximum absolute atomic E-state index is 12.6. The van der Waals surface area contributed by atoms with Crippen molar-refractivity contribution < 1.29 is 23.6 Å². The molecule has 0 radical (unpaired) electrons. The number of esters is 1. The molecule has 3 aromatic rings. The van der Waals surface area contributed by atoms with Gasteiger partial charge in [-0.2, -0.15) is 0 Å². The van der Waals surface area contributed by atoms with Gasteiger partial charge < -0.3 is 14.0 Å². The summed E-state index contributed by atoms with van der Waals surface area (Å²) in [6, 6.07) is 14.0. The maximum atomic E-state index is 12.6. The summed E-state index contributed by atoms with van der Waals surface area (Å²) in [7, 11) is 0. The molecule has 0 saturated heterocycles. The van der Waals surface area contributed by atoms with Crippen LogP contribution in [0.5, 0.6) is 5.75 Å². The van der Waals surface area contributed by atoms with Gasteiger partial charge in [-0.15, -0.1) is 0 Å². The Bertz CT molecular complexity index is 1020. The molecule has 1 atom stereocenters. The molecule has 30 heavy (non-hydrogen) atoms. The average molecular weight is 407 g/mol. The number of ketones is 1. The van der Waals surface area contributed by atoms with Crippen molar-refractivity contribution >= 4 is 11.8 Å². The second-order valence-corrected chi connectivity index (χ2v) is 7.08. The Morgan fingerprint density at radius 1 is 1.07 bits per heavy atom. The molecular formula is C24H25NO5. The zero-order chi connectivity index (χ0) is 21.7. The standard InChI is InChI=1S/C24H25NO5/c1-5-18-9-11-19(12-10-18)23(26)17(4)29-24(27)20-7-6-8-21(13-20)28-14-22-15(2)25-30-16(22)3/h6-13,17H,5,14H2,1-4H3/t17-/m0/s1. The number of rotatable bonds is 8. The first-order valence-electron chi connectivity index (χ1n) is 9.87. The summed E-state index contributed by atoms with van der Waals surface area (Å²) in [5.74, 6) is 0.390. The molecule has 0 amide bonds. The monoisotopic (exact) mass is 407 g/mol. The van der Waals surface area contributed by atoms with Gasteiger partial charge in [-0.3, -0.25) is 4.79 Å². The second-order valence-electron chi connectivity index (χ2n) is 7.08. The molecule has 2 aromatic carbocycles. The number of Topliss-reactive ketones (excluding diaryl/α,β-unsaturated/α-hetero) is 1. The van der Waals surface area contributed by atoms with Crippen molar-refractivity contribution in [2.75, 3.05) is 0 Å². The van der Waals surface area contributed by atoms with E-state index in [0.29, 0.717) is 22.6 Å². The molecule has 0 spiro atoms. The van der Waals surface area contributed by atoms with E-state index in [1.165, 1.54) is 0 Å². The zero-order valence-electron chi connectivity index (χ0n) is 17.6. The van der Waals surface area contributed by atoms with Gasteiger partial charge >= 0.3 is 5.97 Å². The van der Waals surface area contributed by atoms with Gasteiger partial charge in [0.05, 0.1) is 16.8 Å². The Balaban J connectivity index is 1.63. The third-order valence-electron chi connectivity index (χ3n) is 4.93. The van der Waals surface area contributed by atoms with Crippen LogP contribution < -0.4 is 4.74 Å². The first-order chi connectivity index (χ1) is 14.4. The minimum Gasteiger partial charge on any atom is -0.489 e. The molecule has 0 saturated carbocycles. The molecule has 1 aromatic heterocycles. The quantitative estimate of drug-likeness (QED) is 0.392. The van der Waals surface area contributed by atoms with Crippen LogP contribution >= 0.6 is 0 Å². The van der Waals surface area contributed by atoms with Crippen LogP contribution in [0.4, 0.5) is 0 Å². The predicted octanol–water partition coefficient (Wildman–Crippen LogP) is 4.86. The molecule has 0 N–H and O–H groups in total. The summed E-state index contributed by atoms with van der Waals surface area (Å²) < 4.78 is 16.3. The molecule has 0 unspecified atom stereocenters. The highest BCUT2D eigenvalue weighted by atomic mass is 16.5. The Labute approximate surface area is 175 Å². The summed E-state index contributed by atoms with van der Waals surface area (Å²) in [6.07, 6.45) is 0.00469. The van der Waals surface area contributed by atoms with E-state index >= 15 is 0 Å². The lowest BCUT2D eigenvalue weighted by atomic mass is 10.0. The minimum atomic E-state index is -0.892. The van der Waals surface area contributed by atoms with Gasteiger partial charge in [0.25, 0.3) is 0 Å². The van der Waals surface area contributed by atoms with Crippen LogP contribution in [0, 0.1) is 13.8 Å². The van der Waals surface area contributed by atoms with Crippen molar-refractivity contribution in [3.05, 3.63) is 82.2 Å². The molecule has 1 heterocycles. The molecule has 3 rings (SSSR count). The van der Waals surface area contributed by atoms with Crippen LogP contribution in [-0.2, 0) is 17.8 Å². The number of carbonyl (C=O) groups excluding carboxylic acids is 2. The summed E-state index contributed by atoms with van der Waals surface area (Å²) in [6.45, 7) is 7.57. The Morgan fingerprint density at radius 2 is 1.80 bits per heavy atom. The van der Waals surface area contributed by atoms with E-state index in [4.69, 9.17) is 14.0 Å². The highest BCUT2D eigenvalue weighted by Crippen LogP contribution is 2.19. The number of aryl methyl sites for hydroxylation is 3. The van der Waals surface area contributed by atoms with Crippen molar-refractivity contribution in [1.82, 2.24) is 5.16 Å². The average Bonchev–Trinajstić information content (AvgIpc) is 3.09. The van der Waals surface area contributed by atoms with Crippen molar-refractivity contribution in [2.45, 2.75) is 46.8 Å². The first kappa shape index (κ1) is 21.3. The van der Waals surface area contributed by atoms with Gasteiger partial charge in [0, 0.05) is 5.56 Å². The van der Waals surface area contributed by atoms with Crippen LogP contribution in [0.2, 0.25) is 0 Å². The van der Waals surface area contributed by atoms with Crippen LogP contribution in [0.25, 0.3) is 0 Å². The molecule has 0 bridgehead atoms. The van der Waals surface area contributed by atoms with Crippen LogP contribution in [-0.4, -0.2) is 23.0 Å². The molecule has 156 valence electrons. The van der Waals surface area contributed by atoms with E-state index in [1.807, 2.05) is 32.9 Å². The van der Waals surface area contributed by atoms with Gasteiger partial charge in [-0.25, -0.2) is 4.79 Å². The number of hydrogen-bond acceptors (Lipinski definition) is 6. The highest BCUT2D eigenvalue weighted by Gasteiger charge is 2.21. The minimum absolute atomic E-state index is 0.239. The molecule has 6 heteroatoms. The summed E-state index contributed by atoms with van der Waals surface area (Å²) in [4.78, 5) is 25.1. The molecule has 0 aliphatic rings. The normalized spacial score (nSPS) is 11.7. The lowest BCUT2D eigenvalue weighted by Gasteiger charge is -2.13. The molecule has 6 nitrogen and oxygen atoms in total. The van der Waals surface area contributed by atoms with Crippen LogP contribution in [0.1, 0.15) is 57.1 Å². The SMILES string of the molecule is CCc1ccc(C(=O)[C@H](C)OC(=O)c2cccc(OCc3c(C)noc3C)c2)cc1. The summed E-state index contributed by atoms with van der Waals surface area (Å²) in [5, 5.41) is 3.90. The van der Waals surface area contributed by atoms with Crippen molar-refractivity contribution in [3.8, 4) is 5.75 Å². The van der Waals surface area contributed by atoms with Gasteiger partial charge in [0.15, 0.2) is 6.10 Å². The predicted molar refractivity (Wildman–Crippen MR) is 112 cm³/mol. The molecular weight excluding hydrogens is 382 g/mol. The van der Waals surface area contributed by atoms with E-state index < -0.39 is 12.1 Å². The van der Waals surface area contributed by atoms with Crippen molar-refractivity contribution in [1.29, 1.82) is 0 Å². The Morgan fingerprint density at radius 3 is 2.43 bits per heavy atom. The Hall–Kier alpha value is -3.41. The molecule has 0 aliphatic heterocycles. The maximum Gasteiger partial charge on any atom is 0.338 e. The van der Waals surface area contributed by atoms with Gasteiger partial charge in [-0.1, -0.05) is 42.4 Å². The topological polar surface area (TPSA) is 78.6 Å². The van der Waals surface area contributed by atoms with E-state index in [2.05, 4.69) is 5.16 Å². The van der Waals surface area contributed by atoms with Crippen molar-refractivity contribution in [2.24, 2.45) is 0 Å². The smallest absolute Gasteiger partial charge is 0.338 e. The Kier molecular flexibility index (Phi) is 6.67. The number of ether oxygens (including phenoxy) is 2. The largest absolute Gasteiger partial charge is 0.489 e. The third-order valence-corrected chi connectivity index (χ3v) is 4.93. The molecule has 0 fully saturated rings. The van der Waals surface area contributed by atoms with E-state index in [9.17, 15) is 9.59 Å². The fourth-order valence-electron chi connectivity index (χ4n) is 3.00. The first-order valence-corrected chi connectivity index (χ1v) is 9.87. The lowest BCUT2D eigenvalue weighted by Crippen LogP contribution is -2.24. The number of aromatic nitrogens is 1. The van der Waals surface area contributed by atoms with Gasteiger partial charge in [-0.05, 0) is 51.0 Å². The number of nitrogens with zero attached hydrogens (tertiary/aromatic N) is 1. The molecule has 0 aliphatic carbocycles. The van der Waals surface area contributed by atoms with Crippen molar-refractivity contribution in [3.63, 3.8) is 0 Å². The lowest BCUT2D eigenvalue weighted by molar-refractivity contribution is 0.0318. The fraction of sp³-hybridized carbons (Fsp3) is 0.292.